The van der Waals surface area contributed by atoms with Gasteiger partial charge in [-0.05, 0) is 43.7 Å². The summed E-state index contributed by atoms with van der Waals surface area (Å²) in [4.78, 5) is 11.6. The van der Waals surface area contributed by atoms with Gasteiger partial charge in [-0.15, -0.1) is 0 Å². The first-order valence-corrected chi connectivity index (χ1v) is 6.20. The summed E-state index contributed by atoms with van der Waals surface area (Å²) in [5, 5.41) is 8.97. The minimum Gasteiger partial charge on any atom is -0.497 e. The quantitative estimate of drug-likeness (QED) is 0.759. The van der Waals surface area contributed by atoms with Gasteiger partial charge in [0.2, 0.25) is 0 Å². The van der Waals surface area contributed by atoms with Crippen LogP contribution in [-0.2, 0) is 0 Å². The fraction of sp³-hybridized carbons (Fsp3) is 0.462. The van der Waals surface area contributed by atoms with E-state index in [4.69, 9.17) is 4.74 Å². The van der Waals surface area contributed by atoms with Crippen LogP contribution in [0.2, 0.25) is 0 Å². The zero-order chi connectivity index (χ0) is 12.8. The Morgan fingerprint density at radius 2 is 2.22 bits per heavy atom. The van der Waals surface area contributed by atoms with E-state index in [-0.39, 0.29) is 6.03 Å². The van der Waals surface area contributed by atoms with Crippen molar-refractivity contribution in [1.82, 2.24) is 10.6 Å². The molecular formula is C13H19N3O2. The van der Waals surface area contributed by atoms with Crippen LogP contribution in [0, 0.1) is 0 Å². The summed E-state index contributed by atoms with van der Waals surface area (Å²) < 4.78 is 5.05. The number of hydrogen-bond donors (Lipinski definition) is 3. The molecule has 0 bridgehead atoms. The largest absolute Gasteiger partial charge is 0.497 e. The number of ether oxygens (including phenoxy) is 1. The van der Waals surface area contributed by atoms with E-state index in [1.54, 1.807) is 7.11 Å². The first-order chi connectivity index (χ1) is 8.78. The summed E-state index contributed by atoms with van der Waals surface area (Å²) in [5.41, 5.74) is 0.757. The van der Waals surface area contributed by atoms with Crippen LogP contribution < -0.4 is 20.7 Å². The van der Waals surface area contributed by atoms with Gasteiger partial charge in [0, 0.05) is 18.3 Å². The van der Waals surface area contributed by atoms with Gasteiger partial charge in [0.15, 0.2) is 0 Å². The lowest BCUT2D eigenvalue weighted by atomic mass is 10.2. The van der Waals surface area contributed by atoms with Crippen molar-refractivity contribution in [2.45, 2.75) is 18.9 Å². The molecule has 2 rings (SSSR count). The number of amides is 2. The van der Waals surface area contributed by atoms with E-state index in [1.807, 2.05) is 24.3 Å². The molecule has 0 spiro atoms. The molecule has 0 aliphatic carbocycles. The highest BCUT2D eigenvalue weighted by Crippen LogP contribution is 2.14. The summed E-state index contributed by atoms with van der Waals surface area (Å²) in [7, 11) is 1.61. The van der Waals surface area contributed by atoms with E-state index in [0.717, 1.165) is 24.4 Å². The Morgan fingerprint density at radius 3 is 2.83 bits per heavy atom. The van der Waals surface area contributed by atoms with Crippen LogP contribution in [0.15, 0.2) is 24.3 Å². The minimum absolute atomic E-state index is 0.172. The minimum atomic E-state index is -0.172. The normalized spacial score (nSPS) is 18.4. The molecule has 3 N–H and O–H groups in total. The van der Waals surface area contributed by atoms with Gasteiger partial charge in [-0.1, -0.05) is 0 Å². The topological polar surface area (TPSA) is 62.4 Å². The molecule has 1 fully saturated rings. The molecule has 1 aliphatic heterocycles. The van der Waals surface area contributed by atoms with Crippen LogP contribution in [0.1, 0.15) is 12.8 Å². The van der Waals surface area contributed by atoms with Crippen molar-refractivity contribution in [2.75, 3.05) is 25.5 Å². The molecule has 0 aromatic heterocycles. The molecule has 1 aromatic rings. The van der Waals surface area contributed by atoms with Gasteiger partial charge in [0.05, 0.1) is 7.11 Å². The zero-order valence-electron chi connectivity index (χ0n) is 10.5. The third-order valence-electron chi connectivity index (χ3n) is 3.02. The van der Waals surface area contributed by atoms with Crippen molar-refractivity contribution in [3.8, 4) is 5.75 Å². The van der Waals surface area contributed by atoms with Crippen molar-refractivity contribution in [2.24, 2.45) is 0 Å². The molecule has 1 heterocycles. The summed E-state index contributed by atoms with van der Waals surface area (Å²) >= 11 is 0. The Labute approximate surface area is 107 Å². The number of nitrogens with one attached hydrogen (secondary N) is 3. The van der Waals surface area contributed by atoms with Gasteiger partial charge in [0.1, 0.15) is 5.75 Å². The SMILES string of the molecule is COc1ccc(NC(=O)NCC2CCCN2)cc1. The Balaban J connectivity index is 1.75. The molecule has 98 valence electrons. The number of methoxy groups -OCH3 is 1. The fourth-order valence-electron chi connectivity index (χ4n) is 2.00. The van der Waals surface area contributed by atoms with E-state index in [1.165, 1.54) is 6.42 Å². The zero-order valence-corrected chi connectivity index (χ0v) is 10.5. The molecule has 1 unspecified atom stereocenters. The second-order valence-electron chi connectivity index (χ2n) is 4.36. The lowest BCUT2D eigenvalue weighted by molar-refractivity contribution is 0.251. The average Bonchev–Trinajstić information content (AvgIpc) is 2.90. The Morgan fingerprint density at radius 1 is 1.44 bits per heavy atom. The average molecular weight is 249 g/mol. The highest BCUT2D eigenvalue weighted by atomic mass is 16.5. The van der Waals surface area contributed by atoms with Crippen LogP contribution in [-0.4, -0.2) is 32.3 Å². The lowest BCUT2D eigenvalue weighted by Crippen LogP contribution is -2.39. The maximum absolute atomic E-state index is 11.6. The molecule has 1 atom stereocenters. The third kappa shape index (κ3) is 3.63. The highest BCUT2D eigenvalue weighted by molar-refractivity contribution is 5.89. The number of anilines is 1. The predicted molar refractivity (Wildman–Crippen MR) is 71.0 cm³/mol. The summed E-state index contributed by atoms with van der Waals surface area (Å²) in [6.07, 6.45) is 2.31. The van der Waals surface area contributed by atoms with Crippen molar-refractivity contribution in [3.63, 3.8) is 0 Å². The number of benzene rings is 1. The van der Waals surface area contributed by atoms with Gasteiger partial charge in [-0.3, -0.25) is 0 Å². The van der Waals surface area contributed by atoms with Crippen LogP contribution in [0.25, 0.3) is 0 Å². The van der Waals surface area contributed by atoms with E-state index in [0.29, 0.717) is 12.6 Å². The van der Waals surface area contributed by atoms with Gasteiger partial charge in [-0.25, -0.2) is 4.79 Å². The molecule has 1 saturated heterocycles. The molecule has 2 amide bonds. The molecule has 5 nitrogen and oxygen atoms in total. The number of urea groups is 1. The Kier molecular flexibility index (Phi) is 4.41. The molecule has 1 aliphatic rings. The van der Waals surface area contributed by atoms with Gasteiger partial charge < -0.3 is 20.7 Å². The molecule has 0 radical (unpaired) electrons. The summed E-state index contributed by atoms with van der Waals surface area (Å²) in [5.74, 6) is 0.774. The molecule has 5 heteroatoms. The predicted octanol–water partition coefficient (Wildman–Crippen LogP) is 1.57. The Bertz CT molecular complexity index is 386. The number of carbonyl (C=O) groups excluding carboxylic acids is 1. The lowest BCUT2D eigenvalue weighted by Gasteiger charge is -2.12. The summed E-state index contributed by atoms with van der Waals surface area (Å²) in [6.45, 7) is 1.72. The number of hydrogen-bond acceptors (Lipinski definition) is 3. The van der Waals surface area contributed by atoms with Crippen LogP contribution in [0.3, 0.4) is 0 Å². The fourth-order valence-corrected chi connectivity index (χ4v) is 2.00. The Hall–Kier alpha value is -1.75. The van der Waals surface area contributed by atoms with Gasteiger partial charge in [0.25, 0.3) is 0 Å². The van der Waals surface area contributed by atoms with Crippen molar-refractivity contribution in [1.29, 1.82) is 0 Å². The first-order valence-electron chi connectivity index (χ1n) is 6.20. The van der Waals surface area contributed by atoms with Crippen molar-refractivity contribution in [3.05, 3.63) is 24.3 Å². The van der Waals surface area contributed by atoms with E-state index in [2.05, 4.69) is 16.0 Å². The van der Waals surface area contributed by atoms with Gasteiger partial charge >= 0.3 is 6.03 Å². The maximum atomic E-state index is 11.6. The molecular weight excluding hydrogens is 230 g/mol. The van der Waals surface area contributed by atoms with E-state index in [9.17, 15) is 4.79 Å². The summed E-state index contributed by atoms with van der Waals surface area (Å²) in [6, 6.07) is 7.49. The van der Waals surface area contributed by atoms with Gasteiger partial charge in [-0.2, -0.15) is 0 Å². The van der Waals surface area contributed by atoms with Crippen LogP contribution >= 0.6 is 0 Å². The molecule has 1 aromatic carbocycles. The molecule has 0 saturated carbocycles. The van der Waals surface area contributed by atoms with E-state index < -0.39 is 0 Å². The monoisotopic (exact) mass is 249 g/mol. The first kappa shape index (κ1) is 12.7. The van der Waals surface area contributed by atoms with Crippen molar-refractivity contribution >= 4 is 11.7 Å². The number of carbonyl (C=O) groups is 1. The van der Waals surface area contributed by atoms with Crippen LogP contribution in [0.5, 0.6) is 5.75 Å². The third-order valence-corrected chi connectivity index (χ3v) is 3.02. The number of rotatable bonds is 4. The molecule has 18 heavy (non-hydrogen) atoms. The second-order valence-corrected chi connectivity index (χ2v) is 4.36. The standard InChI is InChI=1S/C13H19N3O2/c1-18-12-6-4-10(5-7-12)16-13(17)15-9-11-3-2-8-14-11/h4-7,11,14H,2-3,8-9H2,1H3,(H2,15,16,17). The van der Waals surface area contributed by atoms with E-state index >= 15 is 0 Å². The highest BCUT2D eigenvalue weighted by Gasteiger charge is 2.14. The smallest absolute Gasteiger partial charge is 0.319 e. The maximum Gasteiger partial charge on any atom is 0.319 e. The second kappa shape index (κ2) is 6.26. The van der Waals surface area contributed by atoms with Crippen LogP contribution in [0.4, 0.5) is 10.5 Å². The van der Waals surface area contributed by atoms with Crippen molar-refractivity contribution < 1.29 is 9.53 Å².